The van der Waals surface area contributed by atoms with Crippen molar-refractivity contribution < 1.29 is 0 Å². The molecule has 2 rings (SSSR count). The summed E-state index contributed by atoms with van der Waals surface area (Å²) in [5.74, 6) is 0.771. The highest BCUT2D eigenvalue weighted by Crippen LogP contribution is 2.16. The second-order valence-electron chi connectivity index (χ2n) is 3.83. The normalized spacial score (nSPS) is 10.7. The molecule has 0 aliphatic carbocycles. The van der Waals surface area contributed by atoms with Gasteiger partial charge in [-0.15, -0.1) is 11.6 Å². The lowest BCUT2D eigenvalue weighted by Gasteiger charge is -2.02. The SMILES string of the molecule is ClCCCCc1ccc2ccccc2c1. The summed E-state index contributed by atoms with van der Waals surface area (Å²) in [6.07, 6.45) is 3.42. The first kappa shape index (κ1) is 10.5. The van der Waals surface area contributed by atoms with Crippen LogP contribution in [0.3, 0.4) is 0 Å². The molecule has 78 valence electrons. The summed E-state index contributed by atoms with van der Waals surface area (Å²) in [6.45, 7) is 0. The maximum Gasteiger partial charge on any atom is 0.0223 e. The van der Waals surface area contributed by atoms with Crippen LogP contribution in [0.15, 0.2) is 42.5 Å². The van der Waals surface area contributed by atoms with Crippen LogP contribution in [0, 0.1) is 0 Å². The molecule has 0 bridgehead atoms. The van der Waals surface area contributed by atoms with Crippen molar-refractivity contribution in [3.63, 3.8) is 0 Å². The summed E-state index contributed by atoms with van der Waals surface area (Å²) in [5.41, 5.74) is 1.42. The molecule has 0 atom stereocenters. The number of hydrogen-bond donors (Lipinski definition) is 0. The molecule has 0 unspecified atom stereocenters. The summed E-state index contributed by atoms with van der Waals surface area (Å²) in [5, 5.41) is 2.65. The number of unbranched alkanes of at least 4 members (excludes halogenated alkanes) is 1. The van der Waals surface area contributed by atoms with E-state index in [0.717, 1.165) is 18.7 Å². The Morgan fingerprint density at radius 2 is 1.67 bits per heavy atom. The van der Waals surface area contributed by atoms with Crippen molar-refractivity contribution in [3.8, 4) is 0 Å². The van der Waals surface area contributed by atoms with E-state index in [9.17, 15) is 0 Å². The Hall–Kier alpha value is -1.01. The largest absolute Gasteiger partial charge is 0.127 e. The average molecular weight is 219 g/mol. The van der Waals surface area contributed by atoms with Crippen LogP contribution in [0.25, 0.3) is 10.8 Å². The van der Waals surface area contributed by atoms with E-state index in [1.807, 2.05) is 0 Å². The second kappa shape index (κ2) is 5.18. The molecule has 0 aliphatic rings. The predicted molar refractivity (Wildman–Crippen MR) is 67.6 cm³/mol. The lowest BCUT2D eigenvalue weighted by molar-refractivity contribution is 0.800. The predicted octanol–water partition coefficient (Wildman–Crippen LogP) is 4.40. The number of halogens is 1. The maximum atomic E-state index is 5.66. The van der Waals surface area contributed by atoms with Gasteiger partial charge >= 0.3 is 0 Å². The summed E-state index contributed by atoms with van der Waals surface area (Å²) in [6, 6.07) is 15.2. The van der Waals surface area contributed by atoms with Gasteiger partial charge in [0, 0.05) is 5.88 Å². The number of rotatable bonds is 4. The van der Waals surface area contributed by atoms with E-state index in [0.29, 0.717) is 0 Å². The minimum absolute atomic E-state index is 0.771. The van der Waals surface area contributed by atoms with Gasteiger partial charge in [0.25, 0.3) is 0 Å². The van der Waals surface area contributed by atoms with Crippen LogP contribution in [-0.2, 0) is 6.42 Å². The first-order valence-electron chi connectivity index (χ1n) is 5.44. The zero-order valence-corrected chi connectivity index (χ0v) is 9.50. The molecule has 0 saturated heterocycles. The summed E-state index contributed by atoms with van der Waals surface area (Å²) >= 11 is 5.66. The molecule has 0 heterocycles. The van der Waals surface area contributed by atoms with Crippen molar-refractivity contribution in [1.29, 1.82) is 0 Å². The monoisotopic (exact) mass is 218 g/mol. The Labute approximate surface area is 95.9 Å². The zero-order chi connectivity index (χ0) is 10.5. The molecule has 0 aliphatic heterocycles. The number of alkyl halides is 1. The Kier molecular flexibility index (Phi) is 3.63. The summed E-state index contributed by atoms with van der Waals surface area (Å²) < 4.78 is 0. The topological polar surface area (TPSA) is 0 Å². The summed E-state index contributed by atoms with van der Waals surface area (Å²) in [4.78, 5) is 0. The molecular weight excluding hydrogens is 204 g/mol. The van der Waals surface area contributed by atoms with Gasteiger partial charge < -0.3 is 0 Å². The fourth-order valence-electron chi connectivity index (χ4n) is 1.82. The fraction of sp³-hybridized carbons (Fsp3) is 0.286. The standard InChI is InChI=1S/C14H15Cl/c15-10-4-3-5-12-8-9-13-6-1-2-7-14(13)11-12/h1-2,6-9,11H,3-5,10H2. The number of aryl methyl sites for hydroxylation is 1. The van der Waals surface area contributed by atoms with E-state index in [2.05, 4.69) is 42.5 Å². The van der Waals surface area contributed by atoms with Gasteiger partial charge in [0.1, 0.15) is 0 Å². The number of benzene rings is 2. The average Bonchev–Trinajstić information content (AvgIpc) is 2.29. The van der Waals surface area contributed by atoms with Crippen molar-refractivity contribution in [1.82, 2.24) is 0 Å². The smallest absolute Gasteiger partial charge is 0.0223 e. The van der Waals surface area contributed by atoms with E-state index in [1.165, 1.54) is 22.8 Å². The molecule has 1 heteroatoms. The third-order valence-corrected chi connectivity index (χ3v) is 2.93. The molecule has 0 fully saturated rings. The van der Waals surface area contributed by atoms with Crippen LogP contribution >= 0.6 is 11.6 Å². The quantitative estimate of drug-likeness (QED) is 0.527. The molecule has 0 amide bonds. The third-order valence-electron chi connectivity index (χ3n) is 2.66. The molecule has 0 radical (unpaired) electrons. The van der Waals surface area contributed by atoms with E-state index in [-0.39, 0.29) is 0 Å². The van der Waals surface area contributed by atoms with E-state index in [1.54, 1.807) is 0 Å². The van der Waals surface area contributed by atoms with E-state index < -0.39 is 0 Å². The van der Waals surface area contributed by atoms with Crippen molar-refractivity contribution >= 4 is 22.4 Å². The highest BCUT2D eigenvalue weighted by molar-refractivity contribution is 6.17. The molecule has 0 nitrogen and oxygen atoms in total. The first-order valence-corrected chi connectivity index (χ1v) is 5.97. The Balaban J connectivity index is 2.16. The van der Waals surface area contributed by atoms with Crippen LogP contribution in [0.5, 0.6) is 0 Å². The molecule has 0 aromatic heterocycles. The summed E-state index contributed by atoms with van der Waals surface area (Å²) in [7, 11) is 0. The molecule has 2 aromatic rings. The van der Waals surface area contributed by atoms with Crippen LogP contribution < -0.4 is 0 Å². The molecular formula is C14H15Cl. The van der Waals surface area contributed by atoms with Crippen molar-refractivity contribution in [2.45, 2.75) is 19.3 Å². The number of fused-ring (bicyclic) bond motifs is 1. The Morgan fingerprint density at radius 1 is 0.867 bits per heavy atom. The number of hydrogen-bond acceptors (Lipinski definition) is 0. The lowest BCUT2D eigenvalue weighted by Crippen LogP contribution is -1.86. The maximum absolute atomic E-state index is 5.66. The highest BCUT2D eigenvalue weighted by Gasteiger charge is 1.96. The van der Waals surface area contributed by atoms with Gasteiger partial charge in [-0.1, -0.05) is 42.5 Å². The molecule has 15 heavy (non-hydrogen) atoms. The first-order chi connectivity index (χ1) is 7.40. The van der Waals surface area contributed by atoms with Crippen LogP contribution in [0.2, 0.25) is 0 Å². The Morgan fingerprint density at radius 3 is 2.47 bits per heavy atom. The third kappa shape index (κ3) is 2.73. The van der Waals surface area contributed by atoms with Gasteiger partial charge in [0.05, 0.1) is 0 Å². The molecule has 0 N–H and O–H groups in total. The van der Waals surface area contributed by atoms with Crippen LogP contribution in [-0.4, -0.2) is 5.88 Å². The highest BCUT2D eigenvalue weighted by atomic mass is 35.5. The molecule has 0 spiro atoms. The Bertz CT molecular complexity index is 434. The van der Waals surface area contributed by atoms with E-state index in [4.69, 9.17) is 11.6 Å². The molecule has 0 saturated carbocycles. The van der Waals surface area contributed by atoms with Gasteiger partial charge in [-0.2, -0.15) is 0 Å². The zero-order valence-electron chi connectivity index (χ0n) is 8.75. The van der Waals surface area contributed by atoms with Crippen molar-refractivity contribution in [3.05, 3.63) is 48.0 Å². The van der Waals surface area contributed by atoms with Gasteiger partial charge in [-0.3, -0.25) is 0 Å². The van der Waals surface area contributed by atoms with Crippen molar-refractivity contribution in [2.24, 2.45) is 0 Å². The minimum Gasteiger partial charge on any atom is -0.127 e. The van der Waals surface area contributed by atoms with Gasteiger partial charge in [-0.05, 0) is 35.6 Å². The van der Waals surface area contributed by atoms with Gasteiger partial charge in [-0.25, -0.2) is 0 Å². The van der Waals surface area contributed by atoms with Gasteiger partial charge in [0.15, 0.2) is 0 Å². The second-order valence-corrected chi connectivity index (χ2v) is 4.21. The van der Waals surface area contributed by atoms with Crippen molar-refractivity contribution in [2.75, 3.05) is 5.88 Å². The van der Waals surface area contributed by atoms with Crippen LogP contribution in [0.4, 0.5) is 0 Å². The molecule has 2 aromatic carbocycles. The fourth-order valence-corrected chi connectivity index (χ4v) is 2.01. The lowest BCUT2D eigenvalue weighted by atomic mass is 10.0. The minimum atomic E-state index is 0.771. The van der Waals surface area contributed by atoms with E-state index >= 15 is 0 Å². The van der Waals surface area contributed by atoms with Crippen LogP contribution in [0.1, 0.15) is 18.4 Å². The van der Waals surface area contributed by atoms with Gasteiger partial charge in [0.2, 0.25) is 0 Å².